The molecule has 0 N–H and O–H groups in total. The Balaban J connectivity index is 3.33. The number of carbonyl (C=O) groups is 1. The van der Waals surface area contributed by atoms with Crippen molar-refractivity contribution in [2.45, 2.75) is 91.4 Å². The Morgan fingerprint density at radius 2 is 1.32 bits per heavy atom. The third-order valence-corrected chi connectivity index (χ3v) is 4.26. The summed E-state index contributed by atoms with van der Waals surface area (Å²) in [6.07, 6.45) is 14.4. The quantitative estimate of drug-likeness (QED) is 0.398. The average Bonchev–Trinajstić information content (AvgIpc) is 2.39. The minimum absolute atomic E-state index is 0.0184. The molecule has 0 atom stereocenters. The fraction of sp³-hybridized carbons (Fsp3) is 0.938. The zero-order chi connectivity index (χ0) is 14.6. The third kappa shape index (κ3) is 10.2. The predicted molar refractivity (Wildman–Crippen MR) is 86.3 cm³/mol. The molecule has 2 nitrogen and oxygen atoms in total. The van der Waals surface area contributed by atoms with Gasteiger partial charge in [0.25, 0.3) is 5.97 Å². The largest absolute Gasteiger partial charge is 0.528 e. The minimum atomic E-state index is -0.276. The number of hydrogen-bond acceptors (Lipinski definition) is 2. The van der Waals surface area contributed by atoms with Crippen molar-refractivity contribution in [1.82, 2.24) is 0 Å². The van der Waals surface area contributed by atoms with E-state index in [-0.39, 0.29) is 11.4 Å². The summed E-state index contributed by atoms with van der Waals surface area (Å²) in [5.74, 6) is -0.0184. The highest BCUT2D eigenvalue weighted by atomic mass is 28.2. The van der Waals surface area contributed by atoms with Crippen LogP contribution in [0.4, 0.5) is 0 Å². The van der Waals surface area contributed by atoms with E-state index < -0.39 is 0 Å². The maximum absolute atomic E-state index is 11.5. The van der Waals surface area contributed by atoms with Gasteiger partial charge in [-0.25, -0.2) is 0 Å². The highest BCUT2D eigenvalue weighted by molar-refractivity contribution is 6.06. The lowest BCUT2D eigenvalue weighted by Crippen LogP contribution is -2.25. The van der Waals surface area contributed by atoms with Gasteiger partial charge in [0.1, 0.15) is 0 Å². The molecule has 0 unspecified atom stereocenters. The second-order valence-corrected chi connectivity index (χ2v) is 6.72. The topological polar surface area (TPSA) is 26.3 Å². The van der Waals surface area contributed by atoms with Crippen molar-refractivity contribution in [3.63, 3.8) is 0 Å². The molecule has 114 valence electrons. The van der Waals surface area contributed by atoms with Crippen LogP contribution in [-0.4, -0.2) is 16.5 Å². The molecule has 0 heterocycles. The Morgan fingerprint density at radius 1 is 0.895 bits per heavy atom. The van der Waals surface area contributed by atoms with E-state index >= 15 is 0 Å². The van der Waals surface area contributed by atoms with Crippen LogP contribution in [0.3, 0.4) is 0 Å². The van der Waals surface area contributed by atoms with Gasteiger partial charge in [0.15, 0.2) is 0 Å². The standard InChI is InChI=1S/C16H34O2Si/c1-4-5-6-7-8-9-10-11-12-13-14-16(2,3)15(17)18-19/h4-14H2,1-3,19H3. The molecule has 0 aliphatic carbocycles. The number of carbonyl (C=O) groups excluding carboxylic acids is 1. The van der Waals surface area contributed by atoms with Crippen molar-refractivity contribution >= 4 is 16.5 Å². The highest BCUT2D eigenvalue weighted by Crippen LogP contribution is 2.25. The van der Waals surface area contributed by atoms with Gasteiger partial charge < -0.3 is 4.43 Å². The van der Waals surface area contributed by atoms with Gasteiger partial charge in [-0.15, -0.1) is 0 Å². The van der Waals surface area contributed by atoms with Crippen molar-refractivity contribution in [2.75, 3.05) is 0 Å². The molecule has 0 aliphatic rings. The summed E-state index contributed by atoms with van der Waals surface area (Å²) in [5.41, 5.74) is -0.276. The van der Waals surface area contributed by atoms with E-state index in [1.807, 2.05) is 13.8 Å². The van der Waals surface area contributed by atoms with Gasteiger partial charge in [0.05, 0.1) is 5.41 Å². The summed E-state index contributed by atoms with van der Waals surface area (Å²) < 4.78 is 4.96. The molecule has 3 heteroatoms. The summed E-state index contributed by atoms with van der Waals surface area (Å²) >= 11 is 0. The molecule has 19 heavy (non-hydrogen) atoms. The summed E-state index contributed by atoms with van der Waals surface area (Å²) in [7, 11) is 0.515. The maximum Gasteiger partial charge on any atom is 0.297 e. The van der Waals surface area contributed by atoms with Crippen LogP contribution < -0.4 is 0 Å². The van der Waals surface area contributed by atoms with Crippen LogP contribution in [0.25, 0.3) is 0 Å². The molecule has 0 amide bonds. The second-order valence-electron chi connectivity index (χ2n) is 6.31. The summed E-state index contributed by atoms with van der Waals surface area (Å²) in [4.78, 5) is 11.5. The van der Waals surface area contributed by atoms with Gasteiger partial charge in [0, 0.05) is 0 Å². The van der Waals surface area contributed by atoms with Crippen LogP contribution in [-0.2, 0) is 9.22 Å². The van der Waals surface area contributed by atoms with Crippen molar-refractivity contribution < 1.29 is 9.22 Å². The zero-order valence-corrected chi connectivity index (χ0v) is 15.6. The fourth-order valence-electron chi connectivity index (χ4n) is 2.43. The molecule has 0 saturated carbocycles. The number of unbranched alkanes of at least 4 members (excludes halogenated alkanes) is 9. The normalized spacial score (nSPS) is 11.7. The molecule has 0 spiro atoms. The first kappa shape index (κ1) is 18.7. The molecule has 0 aromatic rings. The monoisotopic (exact) mass is 286 g/mol. The van der Waals surface area contributed by atoms with Crippen LogP contribution in [0.5, 0.6) is 0 Å². The van der Waals surface area contributed by atoms with E-state index in [1.54, 1.807) is 0 Å². The zero-order valence-electron chi connectivity index (χ0n) is 13.6. The lowest BCUT2D eigenvalue weighted by atomic mass is 9.87. The predicted octanol–water partition coefficient (Wildman–Crippen LogP) is 4.15. The SMILES string of the molecule is CCCCCCCCCCCCC(C)(C)C(=O)O[SiH3]. The highest BCUT2D eigenvalue weighted by Gasteiger charge is 2.27. The summed E-state index contributed by atoms with van der Waals surface area (Å²) in [5, 5.41) is 0. The molecule has 0 saturated heterocycles. The Kier molecular flexibility index (Phi) is 11.3. The molecule has 0 aromatic carbocycles. The lowest BCUT2D eigenvalue weighted by molar-refractivity contribution is -0.144. The van der Waals surface area contributed by atoms with E-state index in [4.69, 9.17) is 4.43 Å². The van der Waals surface area contributed by atoms with Crippen molar-refractivity contribution in [2.24, 2.45) is 5.41 Å². The van der Waals surface area contributed by atoms with Gasteiger partial charge in [-0.1, -0.05) is 71.1 Å². The van der Waals surface area contributed by atoms with E-state index in [9.17, 15) is 4.79 Å². The lowest BCUT2D eigenvalue weighted by Gasteiger charge is -2.21. The van der Waals surface area contributed by atoms with Crippen molar-refractivity contribution in [3.8, 4) is 0 Å². The number of rotatable bonds is 12. The molecule has 0 aliphatic heterocycles. The van der Waals surface area contributed by atoms with Gasteiger partial charge in [0.2, 0.25) is 10.5 Å². The van der Waals surface area contributed by atoms with Crippen molar-refractivity contribution in [3.05, 3.63) is 0 Å². The summed E-state index contributed by atoms with van der Waals surface area (Å²) in [6, 6.07) is 0. The first-order valence-electron chi connectivity index (χ1n) is 8.13. The molecule has 0 aromatic heterocycles. The van der Waals surface area contributed by atoms with E-state index in [0.717, 1.165) is 12.8 Å². The molecular formula is C16H34O2Si. The Morgan fingerprint density at radius 3 is 1.74 bits per heavy atom. The average molecular weight is 287 g/mol. The van der Waals surface area contributed by atoms with Gasteiger partial charge in [-0.05, 0) is 20.3 Å². The first-order chi connectivity index (χ1) is 9.04. The van der Waals surface area contributed by atoms with Crippen LogP contribution in [0.2, 0.25) is 0 Å². The first-order valence-corrected chi connectivity index (χ1v) is 8.94. The molecule has 0 radical (unpaired) electrons. The van der Waals surface area contributed by atoms with Crippen LogP contribution in [0.15, 0.2) is 0 Å². The van der Waals surface area contributed by atoms with E-state index in [1.165, 1.54) is 57.8 Å². The van der Waals surface area contributed by atoms with Gasteiger partial charge >= 0.3 is 0 Å². The van der Waals surface area contributed by atoms with E-state index in [0.29, 0.717) is 10.5 Å². The maximum atomic E-state index is 11.5. The minimum Gasteiger partial charge on any atom is -0.528 e. The Hall–Kier alpha value is -0.313. The van der Waals surface area contributed by atoms with E-state index in [2.05, 4.69) is 6.92 Å². The smallest absolute Gasteiger partial charge is 0.297 e. The molecular weight excluding hydrogens is 252 g/mol. The van der Waals surface area contributed by atoms with Gasteiger partial charge in [-0.2, -0.15) is 0 Å². The Bertz CT molecular complexity index is 227. The van der Waals surface area contributed by atoms with Crippen LogP contribution in [0.1, 0.15) is 91.4 Å². The van der Waals surface area contributed by atoms with Crippen LogP contribution in [0, 0.1) is 5.41 Å². The fourth-order valence-corrected chi connectivity index (χ4v) is 2.99. The van der Waals surface area contributed by atoms with Gasteiger partial charge in [-0.3, -0.25) is 4.79 Å². The third-order valence-electron chi connectivity index (χ3n) is 3.89. The Labute approximate surface area is 123 Å². The second kappa shape index (κ2) is 11.5. The number of hydrogen-bond donors (Lipinski definition) is 0. The molecule has 0 bridgehead atoms. The molecule has 0 rings (SSSR count). The summed E-state index contributed by atoms with van der Waals surface area (Å²) in [6.45, 7) is 6.26. The van der Waals surface area contributed by atoms with Crippen molar-refractivity contribution in [1.29, 1.82) is 0 Å². The van der Waals surface area contributed by atoms with Crippen LogP contribution >= 0.6 is 0 Å². The molecule has 0 fully saturated rings.